The number of nitrogens with two attached hydrogens (primary N) is 1. The monoisotopic (exact) mass is 179 g/mol. The molecule has 0 aromatic carbocycles. The van der Waals surface area contributed by atoms with Crippen LogP contribution in [0.2, 0.25) is 0 Å². The van der Waals surface area contributed by atoms with E-state index in [9.17, 15) is 4.79 Å². The van der Waals surface area contributed by atoms with Crippen LogP contribution in [0.3, 0.4) is 0 Å². The van der Waals surface area contributed by atoms with Gasteiger partial charge in [0, 0.05) is 18.7 Å². The highest BCUT2D eigenvalue weighted by Crippen LogP contribution is 1.93. The van der Waals surface area contributed by atoms with Gasteiger partial charge in [0.2, 0.25) is 0 Å². The molecule has 0 atom stereocenters. The molecule has 6 heteroatoms. The smallest absolute Gasteiger partial charge is 0.273 e. The fourth-order valence-electron chi connectivity index (χ4n) is 1.11. The largest absolute Gasteiger partial charge is 0.330 e. The number of nitrogens with one attached hydrogen (secondary N) is 1. The van der Waals surface area contributed by atoms with Crippen LogP contribution in [0.4, 0.5) is 0 Å². The first-order chi connectivity index (χ1) is 6.31. The summed E-state index contributed by atoms with van der Waals surface area (Å²) < 4.78 is 1.30. The van der Waals surface area contributed by atoms with E-state index < -0.39 is 0 Å². The fourth-order valence-corrected chi connectivity index (χ4v) is 1.11. The molecule has 0 spiro atoms. The molecule has 0 unspecified atom stereocenters. The van der Waals surface area contributed by atoms with Crippen molar-refractivity contribution in [2.45, 2.75) is 6.42 Å². The zero-order valence-corrected chi connectivity index (χ0v) is 6.90. The molecule has 13 heavy (non-hydrogen) atoms. The molecule has 0 radical (unpaired) electrons. The van der Waals surface area contributed by atoms with Crippen molar-refractivity contribution in [2.24, 2.45) is 5.73 Å². The number of hydrogen-bond acceptors (Lipinski definition) is 4. The molecule has 0 bridgehead atoms. The van der Waals surface area contributed by atoms with Crippen LogP contribution in [-0.4, -0.2) is 26.1 Å². The summed E-state index contributed by atoms with van der Waals surface area (Å²) in [6.07, 6.45) is 2.05. The normalized spacial score (nSPS) is 10.8. The van der Waals surface area contributed by atoms with Gasteiger partial charge in [0.25, 0.3) is 11.3 Å². The molecule has 0 saturated heterocycles. The average Bonchev–Trinajstić information content (AvgIpc) is 2.49. The summed E-state index contributed by atoms with van der Waals surface area (Å²) in [6, 6.07) is 1.37. The minimum Gasteiger partial charge on any atom is -0.330 e. The van der Waals surface area contributed by atoms with Gasteiger partial charge < -0.3 is 5.73 Å². The zero-order chi connectivity index (χ0) is 9.26. The molecule has 0 amide bonds. The van der Waals surface area contributed by atoms with Crippen LogP contribution >= 0.6 is 0 Å². The molecule has 2 heterocycles. The van der Waals surface area contributed by atoms with Gasteiger partial charge in [-0.3, -0.25) is 9.89 Å². The first-order valence-corrected chi connectivity index (χ1v) is 3.94. The van der Waals surface area contributed by atoms with Crippen molar-refractivity contribution in [1.29, 1.82) is 0 Å². The standard InChI is InChI=1S/C7H9N5O/c8-3-1-5-10-7-9-4-2-6(13)12(7)11-5/h2,4H,1,3,8H2,(H,9,10,11). The summed E-state index contributed by atoms with van der Waals surface area (Å²) in [5.41, 5.74) is 5.19. The lowest BCUT2D eigenvalue weighted by atomic mass is 10.4. The summed E-state index contributed by atoms with van der Waals surface area (Å²) in [7, 11) is 0. The highest BCUT2D eigenvalue weighted by atomic mass is 16.1. The van der Waals surface area contributed by atoms with Gasteiger partial charge in [-0.1, -0.05) is 0 Å². The van der Waals surface area contributed by atoms with Crippen molar-refractivity contribution in [3.05, 3.63) is 28.4 Å². The van der Waals surface area contributed by atoms with E-state index in [2.05, 4.69) is 15.1 Å². The Morgan fingerprint density at radius 2 is 2.46 bits per heavy atom. The van der Waals surface area contributed by atoms with Crippen molar-refractivity contribution >= 4 is 5.78 Å². The molecule has 3 N–H and O–H groups in total. The van der Waals surface area contributed by atoms with Crippen LogP contribution in [0.15, 0.2) is 17.1 Å². The molecule has 0 aliphatic carbocycles. The third-order valence-electron chi connectivity index (χ3n) is 1.68. The van der Waals surface area contributed by atoms with E-state index in [0.29, 0.717) is 24.6 Å². The fraction of sp³-hybridized carbons (Fsp3) is 0.286. The Labute approximate surface area is 73.4 Å². The highest BCUT2D eigenvalue weighted by molar-refractivity contribution is 5.24. The quantitative estimate of drug-likeness (QED) is 0.613. The molecule has 0 saturated carbocycles. The van der Waals surface area contributed by atoms with Crippen molar-refractivity contribution in [3.63, 3.8) is 0 Å². The Morgan fingerprint density at radius 3 is 3.15 bits per heavy atom. The highest BCUT2D eigenvalue weighted by Gasteiger charge is 2.02. The van der Waals surface area contributed by atoms with Crippen LogP contribution < -0.4 is 11.3 Å². The van der Waals surface area contributed by atoms with E-state index in [1.165, 1.54) is 16.8 Å². The molecular formula is C7H9N5O. The maximum Gasteiger partial charge on any atom is 0.273 e. The number of H-pyrrole nitrogens is 1. The summed E-state index contributed by atoms with van der Waals surface area (Å²) in [6.45, 7) is 0.495. The van der Waals surface area contributed by atoms with Gasteiger partial charge in [0.05, 0.1) is 0 Å². The average molecular weight is 179 g/mol. The number of aromatic nitrogens is 4. The lowest BCUT2D eigenvalue weighted by molar-refractivity contribution is 0.826. The molecular weight excluding hydrogens is 170 g/mol. The van der Waals surface area contributed by atoms with E-state index in [1.807, 2.05) is 0 Å². The number of rotatable bonds is 2. The Hall–Kier alpha value is -1.69. The molecule has 2 aromatic heterocycles. The SMILES string of the molecule is NCCc1nc2nccc(=O)n2[nH]1. The first-order valence-electron chi connectivity index (χ1n) is 3.94. The van der Waals surface area contributed by atoms with Gasteiger partial charge in [-0.15, -0.1) is 0 Å². The molecule has 0 aliphatic heterocycles. The first kappa shape index (κ1) is 7.93. The van der Waals surface area contributed by atoms with Crippen LogP contribution in [0.1, 0.15) is 5.82 Å². The second-order valence-corrected chi connectivity index (χ2v) is 2.63. The van der Waals surface area contributed by atoms with Gasteiger partial charge >= 0.3 is 0 Å². The minimum atomic E-state index is -0.166. The Bertz CT molecular complexity index is 471. The van der Waals surface area contributed by atoms with Crippen molar-refractivity contribution in [2.75, 3.05) is 6.54 Å². The second kappa shape index (κ2) is 2.98. The predicted octanol–water partition coefficient (Wildman–Crippen LogP) is -1.08. The topological polar surface area (TPSA) is 89.1 Å². The Kier molecular flexibility index (Phi) is 1.82. The lowest BCUT2D eigenvalue weighted by Crippen LogP contribution is -2.13. The molecule has 2 rings (SSSR count). The lowest BCUT2D eigenvalue weighted by Gasteiger charge is -1.87. The predicted molar refractivity (Wildman–Crippen MR) is 46.4 cm³/mol. The maximum absolute atomic E-state index is 11.2. The van der Waals surface area contributed by atoms with Gasteiger partial charge in [-0.2, -0.15) is 9.50 Å². The third-order valence-corrected chi connectivity index (χ3v) is 1.68. The van der Waals surface area contributed by atoms with Crippen LogP contribution in [0.25, 0.3) is 5.78 Å². The van der Waals surface area contributed by atoms with Gasteiger partial charge in [0.15, 0.2) is 0 Å². The number of nitrogens with zero attached hydrogens (tertiary/aromatic N) is 3. The van der Waals surface area contributed by atoms with Crippen LogP contribution in [0.5, 0.6) is 0 Å². The molecule has 0 aliphatic rings. The number of hydrogen-bond donors (Lipinski definition) is 2. The van der Waals surface area contributed by atoms with E-state index in [0.717, 1.165) is 0 Å². The summed E-state index contributed by atoms with van der Waals surface area (Å²) in [5.74, 6) is 1.06. The molecule has 6 nitrogen and oxygen atoms in total. The van der Waals surface area contributed by atoms with Gasteiger partial charge in [0.1, 0.15) is 5.82 Å². The van der Waals surface area contributed by atoms with E-state index in [-0.39, 0.29) is 5.56 Å². The third kappa shape index (κ3) is 1.31. The van der Waals surface area contributed by atoms with Gasteiger partial charge in [-0.25, -0.2) is 4.98 Å². The van der Waals surface area contributed by atoms with Crippen molar-refractivity contribution in [1.82, 2.24) is 19.6 Å². The van der Waals surface area contributed by atoms with E-state index in [1.54, 1.807) is 0 Å². The van der Waals surface area contributed by atoms with Gasteiger partial charge in [-0.05, 0) is 6.54 Å². The van der Waals surface area contributed by atoms with Crippen molar-refractivity contribution < 1.29 is 0 Å². The van der Waals surface area contributed by atoms with Crippen molar-refractivity contribution in [3.8, 4) is 0 Å². The minimum absolute atomic E-state index is 0.166. The number of fused-ring (bicyclic) bond motifs is 1. The second-order valence-electron chi connectivity index (χ2n) is 2.63. The van der Waals surface area contributed by atoms with Crippen LogP contribution in [0, 0.1) is 0 Å². The van der Waals surface area contributed by atoms with Crippen LogP contribution in [-0.2, 0) is 6.42 Å². The molecule has 2 aromatic rings. The maximum atomic E-state index is 11.2. The summed E-state index contributed by atoms with van der Waals surface area (Å²) in [5, 5.41) is 2.82. The summed E-state index contributed by atoms with van der Waals surface area (Å²) in [4.78, 5) is 19.2. The van der Waals surface area contributed by atoms with E-state index in [4.69, 9.17) is 5.73 Å². The Balaban J connectivity index is 2.62. The zero-order valence-electron chi connectivity index (χ0n) is 6.90. The van der Waals surface area contributed by atoms with E-state index >= 15 is 0 Å². The Morgan fingerprint density at radius 1 is 1.62 bits per heavy atom. The molecule has 68 valence electrons. The summed E-state index contributed by atoms with van der Waals surface area (Å²) >= 11 is 0. The molecule has 0 fully saturated rings. The number of aromatic amines is 1.